The highest BCUT2D eigenvalue weighted by Crippen LogP contribution is 2.27. The van der Waals surface area contributed by atoms with Crippen LogP contribution in [0.2, 0.25) is 0 Å². The van der Waals surface area contributed by atoms with Gasteiger partial charge in [-0.05, 0) is 41.1 Å². The maximum absolute atomic E-state index is 10.8. The van der Waals surface area contributed by atoms with Crippen molar-refractivity contribution in [3.63, 3.8) is 0 Å². The van der Waals surface area contributed by atoms with Gasteiger partial charge in [0.05, 0.1) is 0 Å². The Morgan fingerprint density at radius 2 is 1.74 bits per heavy atom. The summed E-state index contributed by atoms with van der Waals surface area (Å²) in [6.45, 7) is 0. The van der Waals surface area contributed by atoms with Crippen LogP contribution in [0.4, 0.5) is 0 Å². The van der Waals surface area contributed by atoms with E-state index >= 15 is 0 Å². The van der Waals surface area contributed by atoms with Crippen LogP contribution in [0.5, 0.6) is 0 Å². The fraction of sp³-hybridized carbons (Fsp3) is 0. The minimum absolute atomic E-state index is 0.0501. The first-order chi connectivity index (χ1) is 9.13. The number of carbonyl (C=O) groups is 1. The maximum atomic E-state index is 10.8. The smallest absolute Gasteiger partial charge is 0.371 e. The number of aromatic carboxylic acids is 1. The van der Waals surface area contributed by atoms with Crippen molar-refractivity contribution in [1.82, 2.24) is 0 Å². The van der Waals surface area contributed by atoms with Crippen molar-refractivity contribution in [1.29, 1.82) is 0 Å². The fourth-order valence-corrected chi connectivity index (χ4v) is 2.36. The lowest BCUT2D eigenvalue weighted by Crippen LogP contribution is -1.91. The van der Waals surface area contributed by atoms with Crippen molar-refractivity contribution in [2.24, 2.45) is 0 Å². The van der Waals surface area contributed by atoms with Crippen molar-refractivity contribution in [2.75, 3.05) is 0 Å². The van der Waals surface area contributed by atoms with Crippen molar-refractivity contribution in [3.8, 4) is 11.3 Å². The van der Waals surface area contributed by atoms with E-state index in [0.717, 1.165) is 20.8 Å². The molecule has 0 radical (unpaired) electrons. The van der Waals surface area contributed by atoms with E-state index < -0.39 is 5.97 Å². The number of hydrogen-bond acceptors (Lipinski definition) is 2. The molecule has 4 heteroatoms. The molecule has 1 N–H and O–H groups in total. The number of benzene rings is 2. The van der Waals surface area contributed by atoms with E-state index in [0.29, 0.717) is 5.76 Å². The molecular weight excluding hydrogens is 308 g/mol. The van der Waals surface area contributed by atoms with E-state index in [1.54, 1.807) is 6.07 Å². The molecular formula is C15H9BrO3. The minimum atomic E-state index is -1.06. The summed E-state index contributed by atoms with van der Waals surface area (Å²) in [7, 11) is 0. The SMILES string of the molecule is O=C(O)c1ccc(-c2ccc3cc(Br)ccc3c2)o1. The van der Waals surface area contributed by atoms with E-state index in [9.17, 15) is 4.79 Å². The molecule has 0 aliphatic rings. The highest BCUT2D eigenvalue weighted by molar-refractivity contribution is 9.10. The average Bonchev–Trinajstić information content (AvgIpc) is 2.88. The fourth-order valence-electron chi connectivity index (χ4n) is 1.98. The van der Waals surface area contributed by atoms with Gasteiger partial charge in [-0.15, -0.1) is 0 Å². The van der Waals surface area contributed by atoms with E-state index in [-0.39, 0.29) is 5.76 Å². The summed E-state index contributed by atoms with van der Waals surface area (Å²) in [6.07, 6.45) is 0. The minimum Gasteiger partial charge on any atom is -0.475 e. The summed E-state index contributed by atoms with van der Waals surface area (Å²) in [5.41, 5.74) is 0.863. The van der Waals surface area contributed by atoms with Crippen LogP contribution in [0.15, 0.2) is 57.4 Å². The molecule has 0 aliphatic heterocycles. The Morgan fingerprint density at radius 1 is 1.00 bits per heavy atom. The summed E-state index contributed by atoms with van der Waals surface area (Å²) in [6, 6.07) is 15.0. The van der Waals surface area contributed by atoms with E-state index in [4.69, 9.17) is 9.52 Å². The molecule has 3 aromatic rings. The van der Waals surface area contributed by atoms with Crippen LogP contribution in [0.1, 0.15) is 10.6 Å². The molecule has 3 nitrogen and oxygen atoms in total. The third kappa shape index (κ3) is 2.27. The van der Waals surface area contributed by atoms with Gasteiger partial charge in [0.25, 0.3) is 0 Å². The monoisotopic (exact) mass is 316 g/mol. The van der Waals surface area contributed by atoms with Gasteiger partial charge < -0.3 is 9.52 Å². The summed E-state index contributed by atoms with van der Waals surface area (Å²) in [4.78, 5) is 10.8. The van der Waals surface area contributed by atoms with E-state index in [1.807, 2.05) is 36.4 Å². The second-order valence-corrected chi connectivity index (χ2v) is 5.09. The Balaban J connectivity index is 2.09. The molecule has 0 unspecified atom stereocenters. The topological polar surface area (TPSA) is 50.4 Å². The van der Waals surface area contributed by atoms with Crippen molar-refractivity contribution in [3.05, 3.63) is 58.8 Å². The number of hydrogen-bond donors (Lipinski definition) is 1. The van der Waals surface area contributed by atoms with Gasteiger partial charge in [-0.1, -0.05) is 34.1 Å². The van der Waals surface area contributed by atoms with Crippen LogP contribution in [-0.2, 0) is 0 Å². The van der Waals surface area contributed by atoms with Crippen LogP contribution in [0.3, 0.4) is 0 Å². The van der Waals surface area contributed by atoms with Crippen LogP contribution < -0.4 is 0 Å². The lowest BCUT2D eigenvalue weighted by atomic mass is 10.1. The zero-order valence-electron chi connectivity index (χ0n) is 9.76. The van der Waals surface area contributed by atoms with Gasteiger partial charge in [0.15, 0.2) is 0 Å². The molecule has 0 bridgehead atoms. The molecule has 3 rings (SSSR count). The lowest BCUT2D eigenvalue weighted by Gasteiger charge is -2.02. The predicted molar refractivity (Wildman–Crippen MR) is 76.3 cm³/mol. The standard InChI is InChI=1S/C15H9BrO3/c16-12-4-3-9-7-11(2-1-10(9)8-12)13-5-6-14(19-13)15(17)18/h1-8H,(H,17,18). The number of halogens is 1. The van der Waals surface area contributed by atoms with Crippen LogP contribution in [0, 0.1) is 0 Å². The first-order valence-electron chi connectivity index (χ1n) is 5.66. The molecule has 0 amide bonds. The summed E-state index contributed by atoms with van der Waals surface area (Å²) in [5, 5.41) is 11.0. The zero-order valence-corrected chi connectivity index (χ0v) is 11.3. The summed E-state index contributed by atoms with van der Waals surface area (Å²) in [5.74, 6) is -0.552. The quantitative estimate of drug-likeness (QED) is 0.754. The van der Waals surface area contributed by atoms with Crippen molar-refractivity contribution >= 4 is 32.7 Å². The number of carboxylic acids is 1. The second kappa shape index (κ2) is 4.55. The first-order valence-corrected chi connectivity index (χ1v) is 6.45. The third-order valence-electron chi connectivity index (χ3n) is 2.90. The van der Waals surface area contributed by atoms with Gasteiger partial charge in [-0.2, -0.15) is 0 Å². The maximum Gasteiger partial charge on any atom is 0.371 e. The third-order valence-corrected chi connectivity index (χ3v) is 3.40. The molecule has 1 heterocycles. The van der Waals surface area contributed by atoms with Gasteiger partial charge in [0.2, 0.25) is 5.76 Å². The molecule has 19 heavy (non-hydrogen) atoms. The van der Waals surface area contributed by atoms with E-state index in [1.165, 1.54) is 6.07 Å². The second-order valence-electron chi connectivity index (χ2n) is 4.18. The number of rotatable bonds is 2. The van der Waals surface area contributed by atoms with Crippen LogP contribution in [-0.4, -0.2) is 11.1 Å². The molecule has 94 valence electrons. The summed E-state index contributed by atoms with van der Waals surface area (Å²) >= 11 is 3.43. The highest BCUT2D eigenvalue weighted by atomic mass is 79.9. The first kappa shape index (κ1) is 12.0. The lowest BCUT2D eigenvalue weighted by molar-refractivity contribution is 0.0663. The van der Waals surface area contributed by atoms with E-state index in [2.05, 4.69) is 15.9 Å². The van der Waals surface area contributed by atoms with Crippen LogP contribution in [0.25, 0.3) is 22.1 Å². The molecule has 2 aromatic carbocycles. The number of carboxylic acid groups (broad SMARTS) is 1. The Bertz CT molecular complexity index is 774. The molecule has 1 aromatic heterocycles. The Kier molecular flexibility index (Phi) is 2.87. The molecule has 0 atom stereocenters. The average molecular weight is 317 g/mol. The molecule has 0 saturated carbocycles. The number of fused-ring (bicyclic) bond motifs is 1. The van der Waals surface area contributed by atoms with Crippen molar-refractivity contribution in [2.45, 2.75) is 0 Å². The molecule has 0 saturated heterocycles. The Hall–Kier alpha value is -2.07. The molecule has 0 fully saturated rings. The predicted octanol–water partition coefficient (Wildman–Crippen LogP) is 4.56. The van der Waals surface area contributed by atoms with Gasteiger partial charge in [0.1, 0.15) is 5.76 Å². The highest BCUT2D eigenvalue weighted by Gasteiger charge is 2.10. The largest absolute Gasteiger partial charge is 0.475 e. The van der Waals surface area contributed by atoms with Gasteiger partial charge in [-0.25, -0.2) is 4.79 Å². The van der Waals surface area contributed by atoms with Gasteiger partial charge in [-0.3, -0.25) is 0 Å². The number of furan rings is 1. The Morgan fingerprint density at radius 3 is 2.47 bits per heavy atom. The molecule has 0 spiro atoms. The molecule has 0 aliphatic carbocycles. The summed E-state index contributed by atoms with van der Waals surface area (Å²) < 4.78 is 6.32. The van der Waals surface area contributed by atoms with Crippen LogP contribution >= 0.6 is 15.9 Å². The Labute approximate surface area is 117 Å². The van der Waals surface area contributed by atoms with Gasteiger partial charge >= 0.3 is 5.97 Å². The zero-order chi connectivity index (χ0) is 13.4. The normalized spacial score (nSPS) is 10.8. The van der Waals surface area contributed by atoms with Crippen molar-refractivity contribution < 1.29 is 14.3 Å². The van der Waals surface area contributed by atoms with Gasteiger partial charge in [0, 0.05) is 10.0 Å².